The van der Waals surface area contributed by atoms with E-state index in [9.17, 15) is 4.79 Å². The van der Waals surface area contributed by atoms with Gasteiger partial charge in [-0.05, 0) is 19.9 Å². The summed E-state index contributed by atoms with van der Waals surface area (Å²) in [6.45, 7) is 4.50. The number of carbonyl (C=O) groups excluding carboxylic acids is 1. The highest BCUT2D eigenvalue weighted by Gasteiger charge is 2.09. The third kappa shape index (κ3) is 3.27. The third-order valence-electron chi connectivity index (χ3n) is 2.08. The van der Waals surface area contributed by atoms with E-state index >= 15 is 0 Å². The van der Waals surface area contributed by atoms with Crippen molar-refractivity contribution in [3.63, 3.8) is 0 Å². The normalized spacial score (nSPS) is 9.80. The first-order valence-corrected chi connectivity index (χ1v) is 4.96. The van der Waals surface area contributed by atoms with E-state index in [2.05, 4.69) is 4.74 Å². The molecule has 0 heterocycles. The van der Waals surface area contributed by atoms with Crippen molar-refractivity contribution in [2.75, 3.05) is 13.7 Å². The Morgan fingerprint density at radius 3 is 2.73 bits per heavy atom. The zero-order valence-electron chi connectivity index (χ0n) is 9.37. The van der Waals surface area contributed by atoms with Gasteiger partial charge in [0.05, 0.1) is 20.1 Å². The summed E-state index contributed by atoms with van der Waals surface area (Å²) in [6, 6.07) is 5.80. The van der Waals surface area contributed by atoms with E-state index in [1.165, 1.54) is 7.11 Å². The minimum absolute atomic E-state index is 0.249. The molecule has 82 valence electrons. The highest BCUT2D eigenvalue weighted by Crippen LogP contribution is 2.20. The predicted octanol–water partition coefficient (Wildman–Crippen LogP) is 2.11. The Morgan fingerprint density at radius 1 is 1.40 bits per heavy atom. The van der Waals surface area contributed by atoms with E-state index in [0.29, 0.717) is 6.61 Å². The van der Waals surface area contributed by atoms with Crippen molar-refractivity contribution < 1.29 is 14.3 Å². The van der Waals surface area contributed by atoms with Crippen molar-refractivity contribution in [3.8, 4) is 5.75 Å². The fourth-order valence-electron chi connectivity index (χ4n) is 1.37. The van der Waals surface area contributed by atoms with Crippen molar-refractivity contribution in [1.82, 2.24) is 0 Å². The van der Waals surface area contributed by atoms with Crippen LogP contribution in [-0.2, 0) is 16.0 Å². The number of rotatable bonds is 4. The highest BCUT2D eigenvalue weighted by molar-refractivity contribution is 5.73. The average molecular weight is 208 g/mol. The number of benzene rings is 1. The monoisotopic (exact) mass is 208 g/mol. The molecule has 1 aromatic carbocycles. The summed E-state index contributed by atoms with van der Waals surface area (Å²) in [5, 5.41) is 0. The molecule has 0 atom stereocenters. The number of hydrogen-bond acceptors (Lipinski definition) is 3. The Bertz CT molecular complexity index is 345. The summed E-state index contributed by atoms with van der Waals surface area (Å²) in [6.07, 6.45) is 0.257. The third-order valence-corrected chi connectivity index (χ3v) is 2.08. The minimum Gasteiger partial charge on any atom is -0.494 e. The standard InChI is InChI=1S/C12H16O3/c1-4-15-11-6-5-9(2)7-10(11)8-12(13)14-3/h5-7H,4,8H2,1-3H3. The van der Waals surface area contributed by atoms with Crippen LogP contribution in [0.15, 0.2) is 18.2 Å². The Morgan fingerprint density at radius 2 is 2.13 bits per heavy atom. The van der Waals surface area contributed by atoms with Gasteiger partial charge < -0.3 is 9.47 Å². The highest BCUT2D eigenvalue weighted by atomic mass is 16.5. The Hall–Kier alpha value is -1.51. The van der Waals surface area contributed by atoms with Crippen LogP contribution in [0.5, 0.6) is 5.75 Å². The van der Waals surface area contributed by atoms with Crippen LogP contribution in [0.3, 0.4) is 0 Å². The van der Waals surface area contributed by atoms with Crippen LogP contribution in [0.2, 0.25) is 0 Å². The van der Waals surface area contributed by atoms with Crippen LogP contribution >= 0.6 is 0 Å². The van der Waals surface area contributed by atoms with Crippen LogP contribution in [0.25, 0.3) is 0 Å². The smallest absolute Gasteiger partial charge is 0.310 e. The van der Waals surface area contributed by atoms with Gasteiger partial charge in [-0.25, -0.2) is 0 Å². The van der Waals surface area contributed by atoms with Crippen LogP contribution in [-0.4, -0.2) is 19.7 Å². The Labute approximate surface area is 90.0 Å². The van der Waals surface area contributed by atoms with E-state index in [0.717, 1.165) is 16.9 Å². The summed E-state index contributed by atoms with van der Waals surface area (Å²) < 4.78 is 10.1. The van der Waals surface area contributed by atoms with Crippen molar-refractivity contribution in [2.45, 2.75) is 20.3 Å². The second kappa shape index (κ2) is 5.39. The molecule has 0 spiro atoms. The maximum atomic E-state index is 11.2. The van der Waals surface area contributed by atoms with Gasteiger partial charge in [0.2, 0.25) is 0 Å². The number of hydrogen-bond donors (Lipinski definition) is 0. The molecule has 0 unspecified atom stereocenters. The maximum Gasteiger partial charge on any atom is 0.310 e. The number of carbonyl (C=O) groups is 1. The second-order valence-corrected chi connectivity index (χ2v) is 3.30. The van der Waals surface area contributed by atoms with Crippen LogP contribution < -0.4 is 4.74 Å². The zero-order chi connectivity index (χ0) is 11.3. The summed E-state index contributed by atoms with van der Waals surface area (Å²) >= 11 is 0. The Balaban J connectivity index is 2.91. The summed E-state index contributed by atoms with van der Waals surface area (Å²) in [5.41, 5.74) is 1.99. The lowest BCUT2D eigenvalue weighted by molar-refractivity contribution is -0.139. The van der Waals surface area contributed by atoms with E-state index in [1.807, 2.05) is 32.0 Å². The fourth-order valence-corrected chi connectivity index (χ4v) is 1.37. The summed E-state index contributed by atoms with van der Waals surface area (Å²) in [7, 11) is 1.39. The van der Waals surface area contributed by atoms with Gasteiger partial charge in [-0.3, -0.25) is 4.79 Å². The van der Waals surface area contributed by atoms with E-state index in [4.69, 9.17) is 4.74 Å². The fraction of sp³-hybridized carbons (Fsp3) is 0.417. The molecule has 0 radical (unpaired) electrons. The molecule has 0 aliphatic carbocycles. The first-order chi connectivity index (χ1) is 7.17. The topological polar surface area (TPSA) is 35.5 Å². The summed E-state index contributed by atoms with van der Waals surface area (Å²) in [4.78, 5) is 11.2. The SMILES string of the molecule is CCOc1ccc(C)cc1CC(=O)OC. The first kappa shape index (κ1) is 11.6. The molecule has 0 saturated carbocycles. The number of esters is 1. The second-order valence-electron chi connectivity index (χ2n) is 3.30. The minimum atomic E-state index is -0.249. The lowest BCUT2D eigenvalue weighted by Crippen LogP contribution is -2.07. The van der Waals surface area contributed by atoms with E-state index in [1.54, 1.807) is 0 Å². The molecular formula is C12H16O3. The molecular weight excluding hydrogens is 192 g/mol. The lowest BCUT2D eigenvalue weighted by atomic mass is 10.1. The maximum absolute atomic E-state index is 11.2. The number of methoxy groups -OCH3 is 1. The van der Waals surface area contributed by atoms with Gasteiger partial charge in [-0.2, -0.15) is 0 Å². The molecule has 0 aliphatic rings. The molecule has 1 aromatic rings. The van der Waals surface area contributed by atoms with Crippen molar-refractivity contribution >= 4 is 5.97 Å². The number of ether oxygens (including phenoxy) is 2. The molecule has 0 amide bonds. The van der Waals surface area contributed by atoms with Gasteiger partial charge in [0, 0.05) is 5.56 Å². The van der Waals surface area contributed by atoms with Gasteiger partial charge in [-0.1, -0.05) is 17.7 Å². The molecule has 0 N–H and O–H groups in total. The number of aryl methyl sites for hydroxylation is 1. The van der Waals surface area contributed by atoms with Crippen molar-refractivity contribution in [2.24, 2.45) is 0 Å². The van der Waals surface area contributed by atoms with Crippen molar-refractivity contribution in [3.05, 3.63) is 29.3 Å². The van der Waals surface area contributed by atoms with Gasteiger partial charge in [0.15, 0.2) is 0 Å². The average Bonchev–Trinajstić information content (AvgIpc) is 2.22. The molecule has 0 aromatic heterocycles. The van der Waals surface area contributed by atoms with Gasteiger partial charge in [0.1, 0.15) is 5.75 Å². The molecule has 3 heteroatoms. The summed E-state index contributed by atoms with van der Waals surface area (Å²) in [5.74, 6) is 0.509. The molecule has 0 aliphatic heterocycles. The van der Waals surface area contributed by atoms with Gasteiger partial charge in [-0.15, -0.1) is 0 Å². The van der Waals surface area contributed by atoms with Crippen LogP contribution in [0.1, 0.15) is 18.1 Å². The largest absolute Gasteiger partial charge is 0.494 e. The van der Waals surface area contributed by atoms with E-state index < -0.39 is 0 Å². The van der Waals surface area contributed by atoms with Crippen molar-refractivity contribution in [1.29, 1.82) is 0 Å². The van der Waals surface area contributed by atoms with Crippen LogP contribution in [0.4, 0.5) is 0 Å². The zero-order valence-corrected chi connectivity index (χ0v) is 9.37. The molecule has 0 saturated heterocycles. The molecule has 0 bridgehead atoms. The first-order valence-electron chi connectivity index (χ1n) is 4.96. The molecule has 3 nitrogen and oxygen atoms in total. The van der Waals surface area contributed by atoms with Gasteiger partial charge >= 0.3 is 5.97 Å². The lowest BCUT2D eigenvalue weighted by Gasteiger charge is -2.10. The predicted molar refractivity (Wildman–Crippen MR) is 58.1 cm³/mol. The van der Waals surface area contributed by atoms with Crippen LogP contribution in [0, 0.1) is 6.92 Å². The quantitative estimate of drug-likeness (QED) is 0.711. The van der Waals surface area contributed by atoms with E-state index in [-0.39, 0.29) is 12.4 Å². The molecule has 0 fully saturated rings. The molecule has 1 rings (SSSR count). The molecule has 15 heavy (non-hydrogen) atoms. The Kier molecular flexibility index (Phi) is 4.16. The van der Waals surface area contributed by atoms with Gasteiger partial charge in [0.25, 0.3) is 0 Å².